The van der Waals surface area contributed by atoms with Gasteiger partial charge in [0, 0.05) is 24.8 Å². The first kappa shape index (κ1) is 16.6. The number of anilines is 1. The molecule has 2 heterocycles. The van der Waals surface area contributed by atoms with E-state index in [1.807, 2.05) is 0 Å². The van der Waals surface area contributed by atoms with E-state index in [1.54, 1.807) is 18.3 Å². The second kappa shape index (κ2) is 7.08. The van der Waals surface area contributed by atoms with Crippen molar-refractivity contribution < 1.29 is 17.9 Å². The SMILES string of the molecule is O=C(Nc1cccnc1)c1ccc(S(=O)(=O)N2CCOCC2)cc1. The molecule has 1 aliphatic rings. The van der Waals surface area contributed by atoms with Crippen LogP contribution < -0.4 is 5.32 Å². The van der Waals surface area contributed by atoms with Crippen LogP contribution in [0, 0.1) is 0 Å². The Morgan fingerprint density at radius 1 is 1.12 bits per heavy atom. The van der Waals surface area contributed by atoms with Gasteiger partial charge in [-0.25, -0.2) is 8.42 Å². The van der Waals surface area contributed by atoms with E-state index in [-0.39, 0.29) is 10.8 Å². The molecule has 3 rings (SSSR count). The van der Waals surface area contributed by atoms with Gasteiger partial charge in [0.25, 0.3) is 5.91 Å². The molecular formula is C16H17N3O4S. The van der Waals surface area contributed by atoms with Crippen LogP contribution in [0.15, 0.2) is 53.7 Å². The number of hydrogen-bond donors (Lipinski definition) is 1. The Hall–Kier alpha value is -2.29. The number of aromatic nitrogens is 1. The minimum Gasteiger partial charge on any atom is -0.379 e. The van der Waals surface area contributed by atoms with Crippen molar-refractivity contribution in [3.8, 4) is 0 Å². The number of carbonyl (C=O) groups is 1. The van der Waals surface area contributed by atoms with Gasteiger partial charge < -0.3 is 10.1 Å². The fourth-order valence-electron chi connectivity index (χ4n) is 2.35. The van der Waals surface area contributed by atoms with Crippen molar-refractivity contribution in [3.63, 3.8) is 0 Å². The molecular weight excluding hydrogens is 330 g/mol. The summed E-state index contributed by atoms with van der Waals surface area (Å²) in [6.45, 7) is 1.47. The Kier molecular flexibility index (Phi) is 4.89. The molecule has 8 heteroatoms. The number of nitrogens with zero attached hydrogens (tertiary/aromatic N) is 2. The molecule has 0 atom stereocenters. The van der Waals surface area contributed by atoms with E-state index in [4.69, 9.17) is 4.74 Å². The second-order valence-electron chi connectivity index (χ2n) is 5.24. The average molecular weight is 347 g/mol. The van der Waals surface area contributed by atoms with Crippen LogP contribution in [0.3, 0.4) is 0 Å². The van der Waals surface area contributed by atoms with E-state index in [2.05, 4.69) is 10.3 Å². The molecule has 7 nitrogen and oxygen atoms in total. The van der Waals surface area contributed by atoms with Crippen molar-refractivity contribution in [2.45, 2.75) is 4.90 Å². The van der Waals surface area contributed by atoms with Gasteiger partial charge >= 0.3 is 0 Å². The Morgan fingerprint density at radius 2 is 1.83 bits per heavy atom. The zero-order valence-corrected chi connectivity index (χ0v) is 13.7. The van der Waals surface area contributed by atoms with E-state index < -0.39 is 10.0 Å². The van der Waals surface area contributed by atoms with Gasteiger partial charge in [-0.3, -0.25) is 9.78 Å². The lowest BCUT2D eigenvalue weighted by Gasteiger charge is -2.26. The van der Waals surface area contributed by atoms with Crippen LogP contribution >= 0.6 is 0 Å². The van der Waals surface area contributed by atoms with E-state index in [1.165, 1.54) is 34.8 Å². The van der Waals surface area contributed by atoms with Gasteiger partial charge in [0.05, 0.1) is 30.0 Å². The number of hydrogen-bond acceptors (Lipinski definition) is 5. The molecule has 0 spiro atoms. The molecule has 0 bridgehead atoms. The first-order valence-corrected chi connectivity index (χ1v) is 8.91. The number of morpholine rings is 1. The monoisotopic (exact) mass is 347 g/mol. The average Bonchev–Trinajstić information content (AvgIpc) is 2.63. The standard InChI is InChI=1S/C16H17N3O4S/c20-16(18-14-2-1-7-17-12-14)13-3-5-15(6-4-13)24(21,22)19-8-10-23-11-9-19/h1-7,12H,8-11H2,(H,18,20). The van der Waals surface area contributed by atoms with Crippen LogP contribution in [0.4, 0.5) is 5.69 Å². The summed E-state index contributed by atoms with van der Waals surface area (Å²) < 4.78 is 31.6. The van der Waals surface area contributed by atoms with Crippen molar-refractivity contribution in [1.29, 1.82) is 0 Å². The van der Waals surface area contributed by atoms with Crippen molar-refractivity contribution in [1.82, 2.24) is 9.29 Å². The summed E-state index contributed by atoms with van der Waals surface area (Å²) in [4.78, 5) is 16.3. The third-order valence-corrected chi connectivity index (χ3v) is 5.56. The first-order valence-electron chi connectivity index (χ1n) is 7.47. The highest BCUT2D eigenvalue weighted by atomic mass is 32.2. The minimum atomic E-state index is -3.55. The van der Waals surface area contributed by atoms with Crippen molar-refractivity contribution >= 4 is 21.6 Å². The third kappa shape index (κ3) is 3.61. The molecule has 2 aromatic rings. The number of amides is 1. The number of pyridine rings is 1. The van der Waals surface area contributed by atoms with Crippen LogP contribution in [0.5, 0.6) is 0 Å². The molecule has 0 saturated carbocycles. The lowest BCUT2D eigenvalue weighted by Crippen LogP contribution is -2.40. The van der Waals surface area contributed by atoms with Crippen molar-refractivity contribution in [2.75, 3.05) is 31.6 Å². The topological polar surface area (TPSA) is 88.6 Å². The van der Waals surface area contributed by atoms with Gasteiger partial charge in [-0.05, 0) is 36.4 Å². The van der Waals surface area contributed by atoms with Crippen LogP contribution in [-0.2, 0) is 14.8 Å². The third-order valence-electron chi connectivity index (χ3n) is 3.64. The summed E-state index contributed by atoms with van der Waals surface area (Å²) in [5.74, 6) is -0.321. The Labute approximate surface area is 140 Å². The van der Waals surface area contributed by atoms with E-state index in [0.717, 1.165) is 0 Å². The smallest absolute Gasteiger partial charge is 0.255 e. The molecule has 24 heavy (non-hydrogen) atoms. The molecule has 0 aliphatic carbocycles. The second-order valence-corrected chi connectivity index (χ2v) is 7.17. The van der Waals surface area contributed by atoms with Crippen molar-refractivity contribution in [2.24, 2.45) is 0 Å². The molecule has 126 valence electrons. The Balaban J connectivity index is 1.74. The summed E-state index contributed by atoms with van der Waals surface area (Å²) in [7, 11) is -3.55. The Bertz CT molecular complexity index is 801. The van der Waals surface area contributed by atoms with Gasteiger partial charge in [-0.15, -0.1) is 0 Å². The van der Waals surface area contributed by atoms with Gasteiger partial charge in [0.15, 0.2) is 0 Å². The van der Waals surface area contributed by atoms with Gasteiger partial charge in [-0.2, -0.15) is 4.31 Å². The molecule has 0 unspecified atom stereocenters. The maximum absolute atomic E-state index is 12.5. The zero-order chi connectivity index (χ0) is 17.0. The van der Waals surface area contributed by atoms with Crippen molar-refractivity contribution in [3.05, 3.63) is 54.4 Å². The molecule has 1 amide bonds. The lowest BCUT2D eigenvalue weighted by molar-refractivity contribution is 0.0730. The molecule has 1 aromatic heterocycles. The number of carbonyl (C=O) groups excluding carboxylic acids is 1. The van der Waals surface area contributed by atoms with Gasteiger partial charge in [-0.1, -0.05) is 0 Å². The fourth-order valence-corrected chi connectivity index (χ4v) is 3.76. The summed E-state index contributed by atoms with van der Waals surface area (Å²) in [5.41, 5.74) is 0.951. The largest absolute Gasteiger partial charge is 0.379 e. The molecule has 1 aliphatic heterocycles. The van der Waals surface area contributed by atoms with Gasteiger partial charge in [0.2, 0.25) is 10.0 Å². The number of benzene rings is 1. The summed E-state index contributed by atoms with van der Waals surface area (Å²) in [6.07, 6.45) is 3.15. The maximum Gasteiger partial charge on any atom is 0.255 e. The van der Waals surface area contributed by atoms with E-state index in [0.29, 0.717) is 37.6 Å². The highest BCUT2D eigenvalue weighted by Crippen LogP contribution is 2.18. The van der Waals surface area contributed by atoms with Gasteiger partial charge in [0.1, 0.15) is 0 Å². The molecule has 1 N–H and O–H groups in total. The van der Waals surface area contributed by atoms with Crippen LogP contribution in [0.1, 0.15) is 10.4 Å². The Morgan fingerprint density at radius 3 is 2.46 bits per heavy atom. The number of sulfonamides is 1. The summed E-state index contributed by atoms with van der Waals surface area (Å²) >= 11 is 0. The van der Waals surface area contributed by atoms with Crippen LogP contribution in [-0.4, -0.2) is 49.9 Å². The predicted octanol–water partition coefficient (Wildman–Crippen LogP) is 1.35. The van der Waals surface area contributed by atoms with E-state index in [9.17, 15) is 13.2 Å². The maximum atomic E-state index is 12.5. The first-order chi connectivity index (χ1) is 11.6. The number of nitrogens with one attached hydrogen (secondary N) is 1. The lowest BCUT2D eigenvalue weighted by atomic mass is 10.2. The number of ether oxygens (including phenoxy) is 1. The predicted molar refractivity (Wildman–Crippen MR) is 88.2 cm³/mol. The highest BCUT2D eigenvalue weighted by molar-refractivity contribution is 7.89. The van der Waals surface area contributed by atoms with Crippen LogP contribution in [0.2, 0.25) is 0 Å². The normalized spacial score (nSPS) is 15.8. The molecule has 1 saturated heterocycles. The summed E-state index contributed by atoms with van der Waals surface area (Å²) in [5, 5.41) is 2.70. The van der Waals surface area contributed by atoms with Crippen LogP contribution in [0.25, 0.3) is 0 Å². The zero-order valence-electron chi connectivity index (χ0n) is 12.9. The van der Waals surface area contributed by atoms with E-state index >= 15 is 0 Å². The molecule has 0 radical (unpaired) electrons. The highest BCUT2D eigenvalue weighted by Gasteiger charge is 2.26. The molecule has 1 fully saturated rings. The quantitative estimate of drug-likeness (QED) is 0.902. The minimum absolute atomic E-state index is 0.169. The fraction of sp³-hybridized carbons (Fsp3) is 0.250. The number of rotatable bonds is 4. The summed E-state index contributed by atoms with van der Waals surface area (Å²) in [6, 6.07) is 9.33. The molecule has 1 aromatic carbocycles.